The molecule has 0 N–H and O–H groups in total. The maximum absolute atomic E-state index is 11.9. The van der Waals surface area contributed by atoms with E-state index in [9.17, 15) is 18.0 Å². The molecule has 70 valence electrons. The van der Waals surface area contributed by atoms with Crippen molar-refractivity contribution in [1.29, 1.82) is 0 Å². The lowest BCUT2D eigenvalue weighted by atomic mass is 10.2. The van der Waals surface area contributed by atoms with E-state index in [0.29, 0.717) is 0 Å². The predicted molar refractivity (Wildman–Crippen MR) is 39.6 cm³/mol. The Labute approximate surface area is 76.3 Å². The van der Waals surface area contributed by atoms with E-state index < -0.39 is 17.5 Å². The van der Waals surface area contributed by atoms with Crippen LogP contribution in [0.25, 0.3) is 0 Å². The largest absolute Gasteiger partial charge is 0.454 e. The molecule has 0 aliphatic heterocycles. The van der Waals surface area contributed by atoms with Gasteiger partial charge in [-0.05, 0) is 6.07 Å². The van der Waals surface area contributed by atoms with Crippen LogP contribution < -0.4 is 0 Å². The maximum Gasteiger partial charge on any atom is 0.454 e. The number of rotatable bonds is 1. The van der Waals surface area contributed by atoms with Gasteiger partial charge in [-0.3, -0.25) is 9.78 Å². The molecule has 0 fully saturated rings. The van der Waals surface area contributed by atoms with Crippen molar-refractivity contribution in [3.05, 3.63) is 29.0 Å². The molecule has 0 amide bonds. The molecular formula is C7H3ClF3NO. The van der Waals surface area contributed by atoms with Gasteiger partial charge in [-0.15, -0.1) is 0 Å². The summed E-state index contributed by atoms with van der Waals surface area (Å²) in [4.78, 5) is 14.1. The molecule has 0 bridgehead atoms. The van der Waals surface area contributed by atoms with Gasteiger partial charge in [-0.25, -0.2) is 0 Å². The van der Waals surface area contributed by atoms with Gasteiger partial charge in [0.2, 0.25) is 0 Å². The van der Waals surface area contributed by atoms with E-state index >= 15 is 0 Å². The fourth-order valence-corrected chi connectivity index (χ4v) is 0.917. The number of carbonyl (C=O) groups excluding carboxylic acids is 1. The summed E-state index contributed by atoms with van der Waals surface area (Å²) in [5, 5.41) is -0.301. The highest BCUT2D eigenvalue weighted by atomic mass is 35.5. The lowest BCUT2D eigenvalue weighted by Gasteiger charge is -2.05. The number of halogens is 4. The standard InChI is InChI=1S/C7H3ClF3NO/c8-5-3-12-2-1-4(5)6(13)7(9,10)11/h1-3H. The quantitative estimate of drug-likeness (QED) is 0.665. The van der Waals surface area contributed by atoms with Crippen LogP contribution in [0.1, 0.15) is 10.4 Å². The molecule has 1 aromatic rings. The number of pyridine rings is 1. The number of carbonyl (C=O) groups is 1. The second kappa shape index (κ2) is 3.33. The third-order valence-corrected chi connectivity index (χ3v) is 1.58. The molecule has 2 nitrogen and oxygen atoms in total. The molecule has 0 unspecified atom stereocenters. The Kier molecular flexibility index (Phi) is 2.56. The highest BCUT2D eigenvalue weighted by Crippen LogP contribution is 2.25. The molecule has 0 aliphatic rings. The monoisotopic (exact) mass is 209 g/mol. The zero-order chi connectivity index (χ0) is 10.1. The molecule has 1 heterocycles. The summed E-state index contributed by atoms with van der Waals surface area (Å²) in [5.41, 5.74) is -0.579. The Morgan fingerprint density at radius 3 is 2.54 bits per heavy atom. The molecule has 6 heteroatoms. The summed E-state index contributed by atoms with van der Waals surface area (Å²) in [5.74, 6) is -1.96. The minimum atomic E-state index is -4.90. The van der Waals surface area contributed by atoms with Crippen molar-refractivity contribution < 1.29 is 18.0 Å². The third-order valence-electron chi connectivity index (χ3n) is 1.27. The van der Waals surface area contributed by atoms with Crippen molar-refractivity contribution in [2.75, 3.05) is 0 Å². The van der Waals surface area contributed by atoms with E-state index in [1.165, 1.54) is 0 Å². The minimum Gasteiger partial charge on any atom is -0.284 e. The summed E-state index contributed by atoms with van der Waals surface area (Å²) in [6.07, 6.45) is -2.84. The number of aromatic nitrogens is 1. The van der Waals surface area contributed by atoms with Gasteiger partial charge < -0.3 is 0 Å². The summed E-state index contributed by atoms with van der Waals surface area (Å²) < 4.78 is 35.7. The third kappa shape index (κ3) is 2.18. The van der Waals surface area contributed by atoms with Crippen LogP contribution in [0.15, 0.2) is 18.5 Å². The van der Waals surface area contributed by atoms with Crippen molar-refractivity contribution in [1.82, 2.24) is 4.98 Å². The Hall–Kier alpha value is -1.10. The van der Waals surface area contributed by atoms with Gasteiger partial charge in [0, 0.05) is 18.0 Å². The summed E-state index contributed by atoms with van der Waals surface area (Å²) in [6.45, 7) is 0. The Morgan fingerprint density at radius 1 is 1.46 bits per heavy atom. The normalized spacial score (nSPS) is 11.4. The van der Waals surface area contributed by atoms with Crippen LogP contribution >= 0.6 is 11.6 Å². The average Bonchev–Trinajstić information content (AvgIpc) is 2.02. The number of hydrogen-bond acceptors (Lipinski definition) is 2. The lowest BCUT2D eigenvalue weighted by molar-refractivity contribution is -0.0885. The van der Waals surface area contributed by atoms with E-state index in [1.54, 1.807) is 0 Å². The van der Waals surface area contributed by atoms with Crippen LogP contribution in [0.4, 0.5) is 13.2 Å². The van der Waals surface area contributed by atoms with Gasteiger partial charge in [0.25, 0.3) is 5.78 Å². The molecule has 1 aromatic heterocycles. The van der Waals surface area contributed by atoms with Gasteiger partial charge in [-0.1, -0.05) is 11.6 Å². The number of alkyl halides is 3. The first-order valence-electron chi connectivity index (χ1n) is 3.14. The first kappa shape index (κ1) is 9.98. The Balaban J connectivity index is 3.10. The minimum absolute atomic E-state index is 0.301. The van der Waals surface area contributed by atoms with Crippen molar-refractivity contribution in [3.63, 3.8) is 0 Å². The molecule has 1 rings (SSSR count). The van der Waals surface area contributed by atoms with Crippen LogP contribution in [-0.2, 0) is 0 Å². The van der Waals surface area contributed by atoms with E-state index in [1.807, 2.05) is 0 Å². The zero-order valence-electron chi connectivity index (χ0n) is 6.10. The summed E-state index contributed by atoms with van der Waals surface area (Å²) in [7, 11) is 0. The summed E-state index contributed by atoms with van der Waals surface area (Å²) in [6, 6.07) is 0.929. The fourth-order valence-electron chi connectivity index (χ4n) is 0.712. The lowest BCUT2D eigenvalue weighted by Crippen LogP contribution is -2.23. The molecule has 0 saturated carbocycles. The highest BCUT2D eigenvalue weighted by Gasteiger charge is 2.40. The van der Waals surface area contributed by atoms with Crippen LogP contribution in [-0.4, -0.2) is 16.9 Å². The molecule has 13 heavy (non-hydrogen) atoms. The van der Waals surface area contributed by atoms with Crippen LogP contribution in [0, 0.1) is 0 Å². The van der Waals surface area contributed by atoms with Gasteiger partial charge in [0.15, 0.2) is 0 Å². The van der Waals surface area contributed by atoms with E-state index in [0.717, 1.165) is 18.5 Å². The first-order valence-corrected chi connectivity index (χ1v) is 3.52. The van der Waals surface area contributed by atoms with Gasteiger partial charge in [-0.2, -0.15) is 13.2 Å². The van der Waals surface area contributed by atoms with E-state index in [2.05, 4.69) is 4.98 Å². The van der Waals surface area contributed by atoms with Crippen molar-refractivity contribution in [3.8, 4) is 0 Å². The summed E-state index contributed by atoms with van der Waals surface area (Å²) >= 11 is 5.34. The van der Waals surface area contributed by atoms with Crippen molar-refractivity contribution in [2.24, 2.45) is 0 Å². The van der Waals surface area contributed by atoms with Gasteiger partial charge in [0.1, 0.15) is 0 Å². The number of Topliss-reactive ketones (excluding diaryl/α,β-unsaturated/α-hetero) is 1. The molecule has 0 aliphatic carbocycles. The second-order valence-corrected chi connectivity index (χ2v) is 2.59. The van der Waals surface area contributed by atoms with Gasteiger partial charge >= 0.3 is 6.18 Å². The fraction of sp³-hybridized carbons (Fsp3) is 0.143. The first-order chi connectivity index (χ1) is 5.93. The molecule has 0 aromatic carbocycles. The van der Waals surface area contributed by atoms with E-state index in [-0.39, 0.29) is 5.02 Å². The number of ketones is 1. The SMILES string of the molecule is O=C(c1ccncc1Cl)C(F)(F)F. The molecular weight excluding hydrogens is 207 g/mol. The second-order valence-electron chi connectivity index (χ2n) is 2.18. The smallest absolute Gasteiger partial charge is 0.284 e. The maximum atomic E-state index is 11.9. The molecule has 0 atom stereocenters. The topological polar surface area (TPSA) is 30.0 Å². The average molecular weight is 210 g/mol. The Morgan fingerprint density at radius 2 is 2.08 bits per heavy atom. The number of nitrogens with zero attached hydrogens (tertiary/aromatic N) is 1. The van der Waals surface area contributed by atoms with Crippen LogP contribution in [0.2, 0.25) is 5.02 Å². The van der Waals surface area contributed by atoms with Gasteiger partial charge in [0.05, 0.1) is 5.02 Å². The molecule has 0 radical (unpaired) electrons. The van der Waals surface area contributed by atoms with Crippen molar-refractivity contribution in [2.45, 2.75) is 6.18 Å². The number of hydrogen-bond donors (Lipinski definition) is 0. The van der Waals surface area contributed by atoms with Crippen molar-refractivity contribution >= 4 is 17.4 Å². The highest BCUT2D eigenvalue weighted by molar-refractivity contribution is 6.34. The molecule has 0 spiro atoms. The zero-order valence-corrected chi connectivity index (χ0v) is 6.86. The van der Waals surface area contributed by atoms with E-state index in [4.69, 9.17) is 11.6 Å². The molecule has 0 saturated heterocycles. The van der Waals surface area contributed by atoms with Crippen LogP contribution in [0.5, 0.6) is 0 Å². The predicted octanol–water partition coefficient (Wildman–Crippen LogP) is 2.48. The Bertz CT molecular complexity index is 337. The van der Waals surface area contributed by atoms with Crippen LogP contribution in [0.3, 0.4) is 0 Å².